The molecule has 0 unspecified atom stereocenters. The van der Waals surface area contributed by atoms with Gasteiger partial charge in [-0.25, -0.2) is 8.42 Å². The molecule has 2 aromatic carbocycles. The highest BCUT2D eigenvalue weighted by Gasteiger charge is 2.23. The molecule has 1 N–H and O–H groups in total. The van der Waals surface area contributed by atoms with E-state index in [4.69, 9.17) is 9.26 Å². The van der Waals surface area contributed by atoms with Crippen LogP contribution in [-0.2, 0) is 21.2 Å². The van der Waals surface area contributed by atoms with Crippen LogP contribution < -0.4 is 10.1 Å². The zero-order valence-corrected chi connectivity index (χ0v) is 20.0. The monoisotopic (exact) mass is 472 g/mol. The Morgan fingerprint density at radius 3 is 2.45 bits per heavy atom. The highest BCUT2D eigenvalue weighted by atomic mass is 32.2. The number of sulfonamides is 1. The van der Waals surface area contributed by atoms with Crippen molar-refractivity contribution in [1.82, 2.24) is 14.4 Å². The molecule has 0 aliphatic rings. The van der Waals surface area contributed by atoms with Gasteiger partial charge in [-0.1, -0.05) is 48.8 Å². The van der Waals surface area contributed by atoms with E-state index in [9.17, 15) is 13.2 Å². The highest BCUT2D eigenvalue weighted by Crippen LogP contribution is 2.29. The Labute approximate surface area is 193 Å². The first-order valence-corrected chi connectivity index (χ1v) is 12.1. The molecule has 0 spiro atoms. The normalized spacial score (nSPS) is 11.5. The summed E-state index contributed by atoms with van der Waals surface area (Å²) in [5.41, 5.74) is 2.24. The number of nitrogens with zero attached hydrogens (tertiary/aromatic N) is 3. The van der Waals surface area contributed by atoms with Gasteiger partial charge in [0.1, 0.15) is 5.75 Å². The molecule has 3 rings (SSSR count). The van der Waals surface area contributed by atoms with E-state index in [0.717, 1.165) is 11.1 Å². The second-order valence-electron chi connectivity index (χ2n) is 7.38. The third kappa shape index (κ3) is 5.77. The smallest absolute Gasteiger partial charge is 0.243 e. The number of methoxy groups -OCH3 is 1. The number of hydrogen-bond acceptors (Lipinski definition) is 7. The van der Waals surface area contributed by atoms with Crippen LogP contribution in [0.4, 0.5) is 5.69 Å². The fraction of sp³-hybridized carbons (Fsp3) is 0.348. The number of nitrogens with one attached hydrogen (secondary N) is 1. The molecular weight excluding hydrogens is 444 g/mol. The minimum absolute atomic E-state index is 0.0751. The van der Waals surface area contributed by atoms with Gasteiger partial charge in [-0.15, -0.1) is 0 Å². The lowest BCUT2D eigenvalue weighted by Crippen LogP contribution is -2.30. The molecule has 0 bridgehead atoms. The van der Waals surface area contributed by atoms with Crippen molar-refractivity contribution < 1.29 is 22.5 Å². The lowest BCUT2D eigenvalue weighted by atomic mass is 10.1. The van der Waals surface area contributed by atoms with Crippen molar-refractivity contribution in [2.45, 2.75) is 38.5 Å². The quantitative estimate of drug-likeness (QED) is 0.479. The Hall–Kier alpha value is -3.24. The summed E-state index contributed by atoms with van der Waals surface area (Å²) < 4.78 is 37.5. The van der Waals surface area contributed by atoms with Crippen LogP contribution in [0.3, 0.4) is 0 Å². The van der Waals surface area contributed by atoms with E-state index in [1.54, 1.807) is 13.8 Å². The molecule has 0 atom stereocenters. The fourth-order valence-electron chi connectivity index (χ4n) is 3.27. The minimum Gasteiger partial charge on any atom is -0.495 e. The van der Waals surface area contributed by atoms with Crippen molar-refractivity contribution in [3.8, 4) is 17.1 Å². The molecule has 3 aromatic rings. The van der Waals surface area contributed by atoms with E-state index in [1.165, 1.54) is 29.6 Å². The molecule has 33 heavy (non-hydrogen) atoms. The SMILES string of the molecule is CCN(CC)S(=O)(=O)c1ccc(OC)c(NC(=O)CCc2nc(-c3ccc(C)cc3)no2)c1. The Balaban J connectivity index is 1.69. The second-order valence-corrected chi connectivity index (χ2v) is 9.32. The van der Waals surface area contributed by atoms with Crippen LogP contribution in [0, 0.1) is 6.92 Å². The van der Waals surface area contributed by atoms with E-state index < -0.39 is 10.0 Å². The number of benzene rings is 2. The first kappa shape index (κ1) is 24.4. The predicted octanol–water partition coefficient (Wildman–Crippen LogP) is 3.66. The molecule has 0 fully saturated rings. The average Bonchev–Trinajstić information content (AvgIpc) is 3.28. The zero-order chi connectivity index (χ0) is 24.0. The fourth-order valence-corrected chi connectivity index (χ4v) is 4.75. The van der Waals surface area contributed by atoms with Crippen molar-refractivity contribution in [2.24, 2.45) is 0 Å². The Morgan fingerprint density at radius 2 is 1.82 bits per heavy atom. The highest BCUT2D eigenvalue weighted by molar-refractivity contribution is 7.89. The molecule has 0 aliphatic heterocycles. The van der Waals surface area contributed by atoms with Crippen LogP contribution in [0.25, 0.3) is 11.4 Å². The van der Waals surface area contributed by atoms with Crippen molar-refractivity contribution in [2.75, 3.05) is 25.5 Å². The maximum atomic E-state index is 12.8. The molecule has 0 radical (unpaired) electrons. The molecule has 1 aromatic heterocycles. The molecule has 10 heteroatoms. The van der Waals surface area contributed by atoms with Crippen molar-refractivity contribution >= 4 is 21.6 Å². The molecule has 1 amide bonds. The molecular formula is C23H28N4O5S. The number of rotatable bonds is 10. The predicted molar refractivity (Wildman–Crippen MR) is 125 cm³/mol. The van der Waals surface area contributed by atoms with Crippen LogP contribution in [0.15, 0.2) is 51.9 Å². The lowest BCUT2D eigenvalue weighted by Gasteiger charge is -2.19. The van der Waals surface area contributed by atoms with Crippen LogP contribution in [0.1, 0.15) is 31.7 Å². The van der Waals surface area contributed by atoms with Gasteiger partial charge in [0.15, 0.2) is 0 Å². The molecule has 0 saturated carbocycles. The summed E-state index contributed by atoms with van der Waals surface area (Å²) in [6.45, 7) is 6.24. The van der Waals surface area contributed by atoms with Crippen molar-refractivity contribution in [3.05, 3.63) is 53.9 Å². The van der Waals surface area contributed by atoms with Gasteiger partial charge >= 0.3 is 0 Å². The van der Waals surface area contributed by atoms with Gasteiger partial charge in [-0.3, -0.25) is 4.79 Å². The Morgan fingerprint density at radius 1 is 1.12 bits per heavy atom. The lowest BCUT2D eigenvalue weighted by molar-refractivity contribution is -0.116. The number of ether oxygens (including phenoxy) is 1. The van der Waals surface area contributed by atoms with Gasteiger partial charge in [0, 0.05) is 31.5 Å². The number of amides is 1. The van der Waals surface area contributed by atoms with Gasteiger partial charge in [0.25, 0.3) is 0 Å². The van der Waals surface area contributed by atoms with Gasteiger partial charge in [-0.05, 0) is 25.1 Å². The van der Waals surface area contributed by atoms with Crippen molar-refractivity contribution in [3.63, 3.8) is 0 Å². The van der Waals surface area contributed by atoms with Gasteiger partial charge in [-0.2, -0.15) is 9.29 Å². The topological polar surface area (TPSA) is 115 Å². The number of aromatic nitrogens is 2. The van der Waals surface area contributed by atoms with Gasteiger partial charge in [0.2, 0.25) is 27.6 Å². The summed E-state index contributed by atoms with van der Waals surface area (Å²) in [5, 5.41) is 6.69. The van der Waals surface area contributed by atoms with E-state index >= 15 is 0 Å². The summed E-state index contributed by atoms with van der Waals surface area (Å²) in [7, 11) is -2.22. The standard InChI is InChI=1S/C23H28N4O5S/c1-5-27(6-2)33(29,30)18-11-12-20(31-4)19(15-18)24-21(28)13-14-22-25-23(26-32-22)17-9-7-16(3)8-10-17/h7-12,15H,5-6,13-14H2,1-4H3,(H,24,28). The maximum Gasteiger partial charge on any atom is 0.243 e. The van der Waals surface area contributed by atoms with Crippen LogP contribution >= 0.6 is 0 Å². The molecule has 176 valence electrons. The van der Waals surface area contributed by atoms with Crippen molar-refractivity contribution in [1.29, 1.82) is 0 Å². The Kier molecular flexibility index (Phi) is 7.83. The van der Waals surface area contributed by atoms with E-state index in [0.29, 0.717) is 30.6 Å². The summed E-state index contributed by atoms with van der Waals surface area (Å²) in [4.78, 5) is 17.0. The third-order valence-corrected chi connectivity index (χ3v) is 7.18. The van der Waals surface area contributed by atoms with Crippen LogP contribution in [0.2, 0.25) is 0 Å². The third-order valence-electron chi connectivity index (χ3n) is 5.13. The minimum atomic E-state index is -3.67. The van der Waals surface area contributed by atoms with Gasteiger partial charge in [0.05, 0.1) is 17.7 Å². The first-order chi connectivity index (χ1) is 15.8. The average molecular weight is 473 g/mol. The number of aryl methyl sites for hydroxylation is 2. The van der Waals surface area contributed by atoms with E-state index in [2.05, 4.69) is 15.5 Å². The number of hydrogen-bond donors (Lipinski definition) is 1. The molecule has 0 aliphatic carbocycles. The van der Waals surface area contributed by atoms with E-state index in [1.807, 2.05) is 31.2 Å². The number of carbonyl (C=O) groups is 1. The number of carbonyl (C=O) groups excluding carboxylic acids is 1. The molecule has 1 heterocycles. The summed E-state index contributed by atoms with van der Waals surface area (Å²) >= 11 is 0. The second kappa shape index (κ2) is 10.6. The summed E-state index contributed by atoms with van der Waals surface area (Å²) in [6.07, 6.45) is 0.316. The molecule has 0 saturated heterocycles. The summed E-state index contributed by atoms with van der Waals surface area (Å²) in [5.74, 6) is 0.828. The first-order valence-electron chi connectivity index (χ1n) is 10.7. The summed E-state index contributed by atoms with van der Waals surface area (Å²) in [6, 6.07) is 12.1. The largest absolute Gasteiger partial charge is 0.495 e. The Bertz CT molecular complexity index is 1200. The van der Waals surface area contributed by atoms with Crippen LogP contribution in [0.5, 0.6) is 5.75 Å². The molecule has 9 nitrogen and oxygen atoms in total. The maximum absolute atomic E-state index is 12.8. The zero-order valence-electron chi connectivity index (χ0n) is 19.2. The van der Waals surface area contributed by atoms with E-state index in [-0.39, 0.29) is 29.3 Å². The van der Waals surface area contributed by atoms with Crippen LogP contribution in [-0.4, -0.2) is 49.0 Å². The number of anilines is 1. The van der Waals surface area contributed by atoms with Gasteiger partial charge < -0.3 is 14.6 Å².